The Kier molecular flexibility index (Phi) is 2.60. The fourth-order valence-electron chi connectivity index (χ4n) is 1.07. The Labute approximate surface area is 85.0 Å². The van der Waals surface area contributed by atoms with Crippen molar-refractivity contribution in [3.8, 4) is 0 Å². The minimum absolute atomic E-state index is 0.132. The Morgan fingerprint density at radius 2 is 2.57 bits per heavy atom. The van der Waals surface area contributed by atoms with Gasteiger partial charge < -0.3 is 10.3 Å². The van der Waals surface area contributed by atoms with E-state index in [-0.39, 0.29) is 5.91 Å². The Hall–Kier alpha value is -1.62. The lowest BCUT2D eigenvalue weighted by Crippen LogP contribution is -2.22. The van der Waals surface area contributed by atoms with Gasteiger partial charge in [0.05, 0.1) is 5.51 Å². The van der Waals surface area contributed by atoms with Crippen LogP contribution in [0.5, 0.6) is 0 Å². The molecule has 0 aliphatic rings. The topological polar surface area (TPSA) is 57.8 Å². The lowest BCUT2D eigenvalue weighted by Gasteiger charge is -1.99. The van der Waals surface area contributed by atoms with Gasteiger partial charge in [0.25, 0.3) is 5.91 Å². The summed E-state index contributed by atoms with van der Waals surface area (Å²) in [4.78, 5) is 18.3. The van der Waals surface area contributed by atoms with Gasteiger partial charge in [0, 0.05) is 24.3 Å². The van der Waals surface area contributed by atoms with Crippen LogP contribution in [0.1, 0.15) is 16.1 Å². The van der Waals surface area contributed by atoms with Crippen LogP contribution in [0.25, 0.3) is 0 Å². The highest BCUT2D eigenvalue weighted by Gasteiger charge is 2.06. The minimum Gasteiger partial charge on any atom is -0.367 e. The van der Waals surface area contributed by atoms with E-state index in [1.165, 1.54) is 11.3 Å². The van der Waals surface area contributed by atoms with Crippen LogP contribution >= 0.6 is 11.3 Å². The Morgan fingerprint density at radius 1 is 1.64 bits per heavy atom. The van der Waals surface area contributed by atoms with Gasteiger partial charge >= 0.3 is 0 Å². The number of amides is 1. The maximum absolute atomic E-state index is 11.4. The van der Waals surface area contributed by atoms with Crippen molar-refractivity contribution < 1.29 is 4.79 Å². The van der Waals surface area contributed by atoms with Gasteiger partial charge in [0.15, 0.2) is 0 Å². The molecule has 5 heteroatoms. The molecule has 0 aliphatic carbocycles. The summed E-state index contributed by atoms with van der Waals surface area (Å²) in [5.41, 5.74) is 3.17. The molecule has 72 valence electrons. The Morgan fingerprint density at radius 3 is 3.21 bits per heavy atom. The molecule has 0 atom stereocenters. The fraction of sp³-hybridized carbons (Fsp3) is 0.111. The number of hydrogen-bond acceptors (Lipinski definition) is 3. The molecule has 2 aromatic rings. The highest BCUT2D eigenvalue weighted by molar-refractivity contribution is 7.07. The number of aromatic amines is 1. The first-order valence-electron chi connectivity index (χ1n) is 4.14. The molecule has 2 rings (SSSR count). The molecule has 0 radical (unpaired) electrons. The van der Waals surface area contributed by atoms with E-state index in [2.05, 4.69) is 15.3 Å². The van der Waals surface area contributed by atoms with Crippen molar-refractivity contribution in [2.75, 3.05) is 0 Å². The number of carbonyl (C=O) groups is 1. The highest BCUT2D eigenvalue weighted by atomic mass is 32.1. The predicted octanol–water partition coefficient (Wildman–Crippen LogP) is 1.40. The maximum Gasteiger partial charge on any atom is 0.271 e. The molecular formula is C9H9N3OS. The third kappa shape index (κ3) is 2.00. The van der Waals surface area contributed by atoms with E-state index in [9.17, 15) is 4.79 Å². The van der Waals surface area contributed by atoms with Crippen molar-refractivity contribution >= 4 is 17.2 Å². The third-order valence-corrected chi connectivity index (χ3v) is 2.37. The summed E-state index contributed by atoms with van der Waals surface area (Å²) in [5.74, 6) is -0.132. The molecular weight excluding hydrogens is 198 g/mol. The van der Waals surface area contributed by atoms with Crippen molar-refractivity contribution in [3.63, 3.8) is 0 Å². The molecule has 0 saturated carbocycles. The molecule has 0 spiro atoms. The first-order valence-corrected chi connectivity index (χ1v) is 5.08. The summed E-state index contributed by atoms with van der Waals surface area (Å²) in [6, 6.07) is 1.92. The van der Waals surface area contributed by atoms with Crippen LogP contribution < -0.4 is 5.32 Å². The van der Waals surface area contributed by atoms with E-state index in [1.54, 1.807) is 10.9 Å². The summed E-state index contributed by atoms with van der Waals surface area (Å²) in [6.07, 6.45) is 3.67. The zero-order chi connectivity index (χ0) is 9.80. The van der Waals surface area contributed by atoms with Gasteiger partial charge in [0.2, 0.25) is 0 Å². The second-order valence-electron chi connectivity index (χ2n) is 2.78. The number of hydrogen-bond donors (Lipinski definition) is 2. The van der Waals surface area contributed by atoms with E-state index in [0.717, 1.165) is 5.56 Å². The van der Waals surface area contributed by atoms with E-state index < -0.39 is 0 Å². The van der Waals surface area contributed by atoms with Gasteiger partial charge in [-0.2, -0.15) is 0 Å². The van der Waals surface area contributed by atoms with Crippen LogP contribution in [0, 0.1) is 0 Å². The molecule has 14 heavy (non-hydrogen) atoms. The molecule has 0 bridgehead atoms. The molecule has 2 aromatic heterocycles. The van der Waals surface area contributed by atoms with E-state index in [0.29, 0.717) is 12.2 Å². The average molecular weight is 207 g/mol. The van der Waals surface area contributed by atoms with Gasteiger partial charge in [-0.25, -0.2) is 4.98 Å². The number of nitrogens with zero attached hydrogens (tertiary/aromatic N) is 1. The Balaban J connectivity index is 1.90. The third-order valence-electron chi connectivity index (χ3n) is 1.78. The molecule has 0 unspecified atom stereocenters. The molecule has 0 aliphatic heterocycles. The number of thiazole rings is 1. The zero-order valence-corrected chi connectivity index (χ0v) is 8.17. The first kappa shape index (κ1) is 8.96. The molecule has 4 nitrogen and oxygen atoms in total. The van der Waals surface area contributed by atoms with Crippen molar-refractivity contribution in [3.05, 3.63) is 40.6 Å². The summed E-state index contributed by atoms with van der Waals surface area (Å²) >= 11 is 1.41. The van der Waals surface area contributed by atoms with E-state index in [1.807, 2.05) is 18.5 Å². The fourth-order valence-corrected chi connectivity index (χ4v) is 1.60. The monoisotopic (exact) mass is 207 g/mol. The van der Waals surface area contributed by atoms with Crippen molar-refractivity contribution in [1.29, 1.82) is 0 Å². The predicted molar refractivity (Wildman–Crippen MR) is 54.1 cm³/mol. The van der Waals surface area contributed by atoms with Crippen molar-refractivity contribution in [2.24, 2.45) is 0 Å². The summed E-state index contributed by atoms with van der Waals surface area (Å²) in [5, 5.41) is 4.50. The van der Waals surface area contributed by atoms with E-state index in [4.69, 9.17) is 0 Å². The van der Waals surface area contributed by atoms with Crippen molar-refractivity contribution in [2.45, 2.75) is 6.54 Å². The summed E-state index contributed by atoms with van der Waals surface area (Å²) in [7, 11) is 0. The molecule has 2 heterocycles. The zero-order valence-electron chi connectivity index (χ0n) is 7.36. The summed E-state index contributed by atoms with van der Waals surface area (Å²) < 4.78 is 0. The van der Waals surface area contributed by atoms with Gasteiger partial charge in [0.1, 0.15) is 5.69 Å². The average Bonchev–Trinajstić information content (AvgIpc) is 2.87. The maximum atomic E-state index is 11.4. The lowest BCUT2D eigenvalue weighted by molar-refractivity contribution is 0.0946. The molecule has 0 aromatic carbocycles. The SMILES string of the molecule is O=C(NCc1cc[nH]c1)c1cscn1. The quantitative estimate of drug-likeness (QED) is 0.799. The van der Waals surface area contributed by atoms with E-state index >= 15 is 0 Å². The summed E-state index contributed by atoms with van der Waals surface area (Å²) in [6.45, 7) is 0.528. The number of carbonyl (C=O) groups excluding carboxylic acids is 1. The van der Waals surface area contributed by atoms with Crippen LogP contribution in [0.2, 0.25) is 0 Å². The molecule has 0 fully saturated rings. The first-order chi connectivity index (χ1) is 6.86. The van der Waals surface area contributed by atoms with Crippen LogP contribution in [0.3, 0.4) is 0 Å². The largest absolute Gasteiger partial charge is 0.367 e. The normalized spacial score (nSPS) is 10.0. The van der Waals surface area contributed by atoms with Crippen LogP contribution in [0.15, 0.2) is 29.4 Å². The van der Waals surface area contributed by atoms with Crippen molar-refractivity contribution in [1.82, 2.24) is 15.3 Å². The second kappa shape index (κ2) is 4.06. The van der Waals surface area contributed by atoms with Gasteiger partial charge in [-0.15, -0.1) is 11.3 Å². The number of nitrogens with one attached hydrogen (secondary N) is 2. The van der Waals surface area contributed by atoms with Gasteiger partial charge in [-0.3, -0.25) is 4.79 Å². The Bertz CT molecular complexity index is 394. The lowest BCUT2D eigenvalue weighted by atomic mass is 10.3. The number of rotatable bonds is 3. The van der Waals surface area contributed by atoms with Crippen LogP contribution in [0.4, 0.5) is 0 Å². The minimum atomic E-state index is -0.132. The standard InChI is InChI=1S/C9H9N3OS/c13-9(8-5-14-6-12-8)11-4-7-1-2-10-3-7/h1-3,5-6,10H,4H2,(H,11,13). The molecule has 2 N–H and O–H groups in total. The van der Waals surface area contributed by atoms with Crippen LogP contribution in [-0.4, -0.2) is 15.9 Å². The van der Waals surface area contributed by atoms with Gasteiger partial charge in [-0.1, -0.05) is 0 Å². The number of aromatic nitrogens is 2. The number of H-pyrrole nitrogens is 1. The smallest absolute Gasteiger partial charge is 0.271 e. The highest BCUT2D eigenvalue weighted by Crippen LogP contribution is 2.01. The van der Waals surface area contributed by atoms with Gasteiger partial charge in [-0.05, 0) is 11.6 Å². The molecule has 1 amide bonds. The van der Waals surface area contributed by atoms with Crippen LogP contribution in [-0.2, 0) is 6.54 Å². The molecule has 0 saturated heterocycles. The second-order valence-corrected chi connectivity index (χ2v) is 3.49.